The van der Waals surface area contributed by atoms with Crippen molar-refractivity contribution in [2.24, 2.45) is 0 Å². The van der Waals surface area contributed by atoms with Crippen molar-refractivity contribution in [1.82, 2.24) is 4.98 Å². The van der Waals surface area contributed by atoms with Gasteiger partial charge in [-0.1, -0.05) is 23.8 Å². The van der Waals surface area contributed by atoms with Gasteiger partial charge < -0.3 is 5.11 Å². The highest BCUT2D eigenvalue weighted by molar-refractivity contribution is 5.61. The van der Waals surface area contributed by atoms with Crippen LogP contribution in [0, 0.1) is 12.7 Å². The molecule has 1 aromatic carbocycles. The fourth-order valence-corrected chi connectivity index (χ4v) is 1.43. The second kappa shape index (κ2) is 3.69. The van der Waals surface area contributed by atoms with Crippen molar-refractivity contribution in [3.05, 3.63) is 47.9 Å². The van der Waals surface area contributed by atoms with Crippen LogP contribution in [-0.2, 0) is 0 Å². The van der Waals surface area contributed by atoms with E-state index in [1.54, 1.807) is 6.07 Å². The number of aromatic nitrogens is 1. The molecule has 0 bridgehead atoms. The minimum absolute atomic E-state index is 0.163. The highest BCUT2D eigenvalue weighted by Crippen LogP contribution is 2.23. The predicted octanol–water partition coefficient (Wildman–Crippen LogP) is 2.90. The standard InChI is InChI=1S/C12H10FNO/c1-8-3-2-4-9(5-8)12-11(13)6-10(15)7-14-12/h2-7,15H,1H3. The van der Waals surface area contributed by atoms with Crippen molar-refractivity contribution in [1.29, 1.82) is 0 Å². The molecule has 0 saturated heterocycles. The van der Waals surface area contributed by atoms with Gasteiger partial charge in [0.1, 0.15) is 11.4 Å². The van der Waals surface area contributed by atoms with Gasteiger partial charge in [-0.05, 0) is 13.0 Å². The lowest BCUT2D eigenvalue weighted by Crippen LogP contribution is -1.89. The largest absolute Gasteiger partial charge is 0.506 e. The first-order chi connectivity index (χ1) is 7.16. The molecule has 76 valence electrons. The first-order valence-corrected chi connectivity index (χ1v) is 4.58. The molecule has 1 heterocycles. The van der Waals surface area contributed by atoms with Crippen LogP contribution in [0.3, 0.4) is 0 Å². The van der Waals surface area contributed by atoms with Gasteiger partial charge in [0.25, 0.3) is 0 Å². The van der Waals surface area contributed by atoms with Crippen LogP contribution < -0.4 is 0 Å². The number of halogens is 1. The molecule has 0 spiro atoms. The Bertz CT molecular complexity index is 497. The number of aryl methyl sites for hydroxylation is 1. The fraction of sp³-hybridized carbons (Fsp3) is 0.0833. The lowest BCUT2D eigenvalue weighted by Gasteiger charge is -2.03. The number of rotatable bonds is 1. The number of aromatic hydroxyl groups is 1. The molecular weight excluding hydrogens is 193 g/mol. The highest BCUT2D eigenvalue weighted by Gasteiger charge is 2.07. The van der Waals surface area contributed by atoms with Gasteiger partial charge in [-0.25, -0.2) is 9.37 Å². The molecule has 0 fully saturated rings. The molecular formula is C12H10FNO. The number of hydrogen-bond acceptors (Lipinski definition) is 2. The van der Waals surface area contributed by atoms with Gasteiger partial charge in [-0.15, -0.1) is 0 Å². The third kappa shape index (κ3) is 1.96. The Hall–Kier alpha value is -1.90. The molecule has 0 saturated carbocycles. The molecule has 0 atom stereocenters. The van der Waals surface area contributed by atoms with E-state index in [2.05, 4.69) is 4.98 Å². The van der Waals surface area contributed by atoms with Gasteiger partial charge in [0, 0.05) is 11.6 Å². The van der Waals surface area contributed by atoms with Crippen LogP contribution >= 0.6 is 0 Å². The summed E-state index contributed by atoms with van der Waals surface area (Å²) in [6, 6.07) is 8.48. The Morgan fingerprint density at radius 1 is 1.27 bits per heavy atom. The smallest absolute Gasteiger partial charge is 0.153 e. The van der Waals surface area contributed by atoms with Crippen LogP contribution in [-0.4, -0.2) is 10.1 Å². The summed E-state index contributed by atoms with van der Waals surface area (Å²) in [6.45, 7) is 1.93. The fourth-order valence-electron chi connectivity index (χ4n) is 1.43. The molecule has 15 heavy (non-hydrogen) atoms. The maximum absolute atomic E-state index is 13.4. The second-order valence-corrected chi connectivity index (χ2v) is 3.39. The monoisotopic (exact) mass is 203 g/mol. The van der Waals surface area contributed by atoms with Crippen molar-refractivity contribution in [3.63, 3.8) is 0 Å². The van der Waals surface area contributed by atoms with Crippen molar-refractivity contribution < 1.29 is 9.50 Å². The number of hydrogen-bond donors (Lipinski definition) is 1. The summed E-state index contributed by atoms with van der Waals surface area (Å²) < 4.78 is 13.4. The summed E-state index contributed by atoms with van der Waals surface area (Å²) in [7, 11) is 0. The topological polar surface area (TPSA) is 33.1 Å². The summed E-state index contributed by atoms with van der Waals surface area (Å²) in [6.07, 6.45) is 1.24. The zero-order chi connectivity index (χ0) is 10.8. The summed E-state index contributed by atoms with van der Waals surface area (Å²) in [4.78, 5) is 3.86. The van der Waals surface area contributed by atoms with Crippen LogP contribution in [0.5, 0.6) is 5.75 Å². The number of pyridine rings is 1. The van der Waals surface area contributed by atoms with E-state index in [9.17, 15) is 4.39 Å². The van der Waals surface area contributed by atoms with Crippen molar-refractivity contribution >= 4 is 0 Å². The molecule has 0 unspecified atom stereocenters. The summed E-state index contributed by atoms with van der Waals surface area (Å²) in [5.74, 6) is -0.676. The molecule has 3 heteroatoms. The van der Waals surface area contributed by atoms with Crippen LogP contribution in [0.15, 0.2) is 36.5 Å². The summed E-state index contributed by atoms with van der Waals surface area (Å²) in [5, 5.41) is 9.04. The van der Waals surface area contributed by atoms with Crippen molar-refractivity contribution in [2.75, 3.05) is 0 Å². The Kier molecular flexibility index (Phi) is 2.37. The van der Waals surface area contributed by atoms with Crippen LogP contribution in [0.1, 0.15) is 5.56 Å². The molecule has 1 aromatic heterocycles. The second-order valence-electron chi connectivity index (χ2n) is 3.39. The average Bonchev–Trinajstić information content (AvgIpc) is 2.17. The SMILES string of the molecule is Cc1cccc(-c2ncc(O)cc2F)c1. The Morgan fingerprint density at radius 2 is 2.07 bits per heavy atom. The lowest BCUT2D eigenvalue weighted by molar-refractivity contribution is 0.466. The van der Waals surface area contributed by atoms with E-state index in [1.165, 1.54) is 6.20 Å². The van der Waals surface area contributed by atoms with E-state index in [-0.39, 0.29) is 11.4 Å². The molecule has 0 radical (unpaired) electrons. The highest BCUT2D eigenvalue weighted by atomic mass is 19.1. The van der Waals surface area contributed by atoms with E-state index in [0.29, 0.717) is 5.56 Å². The van der Waals surface area contributed by atoms with Crippen molar-refractivity contribution in [3.8, 4) is 17.0 Å². The van der Waals surface area contributed by atoms with Gasteiger partial charge in [0.05, 0.1) is 6.20 Å². The van der Waals surface area contributed by atoms with E-state index in [0.717, 1.165) is 11.6 Å². The summed E-state index contributed by atoms with van der Waals surface area (Å²) >= 11 is 0. The molecule has 2 rings (SSSR count). The zero-order valence-electron chi connectivity index (χ0n) is 8.24. The molecule has 0 amide bonds. The number of nitrogens with zero attached hydrogens (tertiary/aromatic N) is 1. The first kappa shape index (κ1) is 9.65. The van der Waals surface area contributed by atoms with E-state index >= 15 is 0 Å². The maximum atomic E-state index is 13.4. The van der Waals surface area contributed by atoms with E-state index in [4.69, 9.17) is 5.11 Å². The molecule has 0 aliphatic carbocycles. The average molecular weight is 203 g/mol. The van der Waals surface area contributed by atoms with Crippen LogP contribution in [0.25, 0.3) is 11.3 Å². The third-order valence-corrected chi connectivity index (χ3v) is 2.12. The Balaban J connectivity index is 2.54. The molecule has 0 aliphatic heterocycles. The maximum Gasteiger partial charge on any atom is 0.153 e. The van der Waals surface area contributed by atoms with E-state index in [1.807, 2.05) is 25.1 Å². The van der Waals surface area contributed by atoms with Gasteiger partial charge in [-0.3, -0.25) is 0 Å². The first-order valence-electron chi connectivity index (χ1n) is 4.58. The Labute approximate surface area is 87.0 Å². The van der Waals surface area contributed by atoms with Gasteiger partial charge in [0.2, 0.25) is 0 Å². The van der Waals surface area contributed by atoms with Crippen LogP contribution in [0.2, 0.25) is 0 Å². The lowest BCUT2D eigenvalue weighted by atomic mass is 10.1. The van der Waals surface area contributed by atoms with Gasteiger partial charge >= 0.3 is 0 Å². The molecule has 2 aromatic rings. The third-order valence-electron chi connectivity index (χ3n) is 2.12. The minimum Gasteiger partial charge on any atom is -0.506 e. The molecule has 1 N–H and O–H groups in total. The zero-order valence-corrected chi connectivity index (χ0v) is 8.24. The minimum atomic E-state index is -0.513. The van der Waals surface area contributed by atoms with Crippen LogP contribution in [0.4, 0.5) is 4.39 Å². The molecule has 0 aliphatic rings. The quantitative estimate of drug-likeness (QED) is 0.773. The van der Waals surface area contributed by atoms with Crippen molar-refractivity contribution in [2.45, 2.75) is 6.92 Å². The normalized spacial score (nSPS) is 10.3. The van der Waals surface area contributed by atoms with E-state index < -0.39 is 5.82 Å². The van der Waals surface area contributed by atoms with Gasteiger partial charge in [-0.2, -0.15) is 0 Å². The molecule has 2 nitrogen and oxygen atoms in total. The van der Waals surface area contributed by atoms with Gasteiger partial charge in [0.15, 0.2) is 5.82 Å². The summed E-state index contributed by atoms with van der Waals surface area (Å²) in [5.41, 5.74) is 2.02. The number of benzene rings is 1. The Morgan fingerprint density at radius 3 is 2.73 bits per heavy atom. The predicted molar refractivity (Wildman–Crippen MR) is 56.0 cm³/mol.